The number of anilines is 1. The van der Waals surface area contributed by atoms with Crippen LogP contribution in [-0.4, -0.2) is 20.6 Å². The van der Waals surface area contributed by atoms with E-state index in [9.17, 15) is 4.79 Å². The summed E-state index contributed by atoms with van der Waals surface area (Å²) < 4.78 is 1.82. The van der Waals surface area contributed by atoms with Crippen LogP contribution in [0.4, 0.5) is 10.5 Å². The number of nitrogens with zero attached hydrogens (tertiary/aromatic N) is 3. The standard InChI is InChI=1S/C17H17N5O/c1-13-3-2-4-15(9-13)21-17(23)20-11-14-5-6-16(19-10-14)22-8-7-18-12-22/h2-10,12H,11H2,1H3,(H2,20,21,23). The Morgan fingerprint density at radius 2 is 2.17 bits per heavy atom. The third-order valence-electron chi connectivity index (χ3n) is 3.31. The Morgan fingerprint density at radius 1 is 1.26 bits per heavy atom. The molecule has 1 aromatic carbocycles. The van der Waals surface area contributed by atoms with E-state index in [0.717, 1.165) is 22.6 Å². The van der Waals surface area contributed by atoms with Gasteiger partial charge in [-0.15, -0.1) is 0 Å². The Bertz CT molecular complexity index is 781. The number of carbonyl (C=O) groups is 1. The van der Waals surface area contributed by atoms with E-state index in [4.69, 9.17) is 0 Å². The molecule has 3 aromatic rings. The second kappa shape index (κ2) is 6.74. The van der Waals surface area contributed by atoms with Crippen molar-refractivity contribution in [2.24, 2.45) is 0 Å². The molecule has 0 saturated heterocycles. The van der Waals surface area contributed by atoms with Gasteiger partial charge in [0.15, 0.2) is 0 Å². The van der Waals surface area contributed by atoms with Crippen molar-refractivity contribution < 1.29 is 4.79 Å². The van der Waals surface area contributed by atoms with Gasteiger partial charge in [-0.3, -0.25) is 4.57 Å². The molecule has 2 amide bonds. The highest BCUT2D eigenvalue weighted by Crippen LogP contribution is 2.09. The van der Waals surface area contributed by atoms with Crippen molar-refractivity contribution >= 4 is 11.7 Å². The summed E-state index contributed by atoms with van der Waals surface area (Å²) in [6.07, 6.45) is 6.96. The van der Waals surface area contributed by atoms with Gasteiger partial charge in [0.2, 0.25) is 0 Å². The maximum atomic E-state index is 11.9. The Labute approximate surface area is 134 Å². The Balaban J connectivity index is 1.54. The summed E-state index contributed by atoms with van der Waals surface area (Å²) >= 11 is 0. The van der Waals surface area contributed by atoms with E-state index in [2.05, 4.69) is 20.6 Å². The molecule has 0 fully saturated rings. The highest BCUT2D eigenvalue weighted by atomic mass is 16.2. The highest BCUT2D eigenvalue weighted by Gasteiger charge is 2.03. The number of imidazole rings is 1. The summed E-state index contributed by atoms with van der Waals surface area (Å²) in [6.45, 7) is 2.39. The van der Waals surface area contributed by atoms with Crippen LogP contribution >= 0.6 is 0 Å². The molecule has 116 valence electrons. The van der Waals surface area contributed by atoms with Crippen LogP contribution in [0.2, 0.25) is 0 Å². The second-order valence-electron chi connectivity index (χ2n) is 5.17. The largest absolute Gasteiger partial charge is 0.334 e. The molecule has 0 radical (unpaired) electrons. The van der Waals surface area contributed by atoms with E-state index < -0.39 is 0 Å². The maximum Gasteiger partial charge on any atom is 0.319 e. The first kappa shape index (κ1) is 14.8. The van der Waals surface area contributed by atoms with Gasteiger partial charge in [-0.2, -0.15) is 0 Å². The van der Waals surface area contributed by atoms with Crippen LogP contribution in [0.5, 0.6) is 0 Å². The van der Waals surface area contributed by atoms with Crippen LogP contribution in [0.1, 0.15) is 11.1 Å². The average Bonchev–Trinajstić information content (AvgIpc) is 3.08. The van der Waals surface area contributed by atoms with E-state index in [1.54, 1.807) is 18.7 Å². The summed E-state index contributed by atoms with van der Waals surface area (Å²) in [5.74, 6) is 0.787. The van der Waals surface area contributed by atoms with Gasteiger partial charge in [0.05, 0.1) is 0 Å². The molecular weight excluding hydrogens is 290 g/mol. The van der Waals surface area contributed by atoms with Crippen molar-refractivity contribution in [2.45, 2.75) is 13.5 Å². The summed E-state index contributed by atoms with van der Waals surface area (Å²) in [4.78, 5) is 20.2. The minimum absolute atomic E-state index is 0.241. The van der Waals surface area contributed by atoms with Crippen LogP contribution in [-0.2, 0) is 6.54 Å². The molecule has 2 heterocycles. The van der Waals surface area contributed by atoms with Crippen molar-refractivity contribution in [1.82, 2.24) is 19.9 Å². The molecule has 3 rings (SSSR count). The molecule has 2 aromatic heterocycles. The normalized spacial score (nSPS) is 10.3. The first-order valence-corrected chi connectivity index (χ1v) is 7.25. The van der Waals surface area contributed by atoms with Gasteiger partial charge in [0, 0.05) is 30.8 Å². The monoisotopic (exact) mass is 307 g/mol. The summed E-state index contributed by atoms with van der Waals surface area (Å²) in [6, 6.07) is 11.2. The minimum Gasteiger partial charge on any atom is -0.334 e. The number of urea groups is 1. The first-order chi connectivity index (χ1) is 11.2. The number of hydrogen-bond acceptors (Lipinski definition) is 3. The average molecular weight is 307 g/mol. The third kappa shape index (κ3) is 3.94. The number of pyridine rings is 1. The van der Waals surface area contributed by atoms with Crippen LogP contribution in [0.15, 0.2) is 61.3 Å². The van der Waals surface area contributed by atoms with Crippen LogP contribution < -0.4 is 10.6 Å². The van der Waals surface area contributed by atoms with Gasteiger partial charge in [0.1, 0.15) is 12.1 Å². The zero-order valence-corrected chi connectivity index (χ0v) is 12.7. The number of rotatable bonds is 4. The third-order valence-corrected chi connectivity index (χ3v) is 3.31. The number of benzene rings is 1. The molecule has 6 heteroatoms. The highest BCUT2D eigenvalue weighted by molar-refractivity contribution is 5.89. The number of aryl methyl sites for hydroxylation is 1. The lowest BCUT2D eigenvalue weighted by molar-refractivity contribution is 0.251. The molecule has 0 aliphatic carbocycles. The summed E-state index contributed by atoms with van der Waals surface area (Å²) in [5.41, 5.74) is 2.80. The van der Waals surface area contributed by atoms with Crippen LogP contribution in [0.3, 0.4) is 0 Å². The smallest absolute Gasteiger partial charge is 0.319 e. The quantitative estimate of drug-likeness (QED) is 0.778. The Hall–Kier alpha value is -3.15. The van der Waals surface area contributed by atoms with Gasteiger partial charge in [-0.25, -0.2) is 14.8 Å². The van der Waals surface area contributed by atoms with E-state index in [1.165, 1.54) is 0 Å². The summed E-state index contributed by atoms with van der Waals surface area (Å²) in [5, 5.41) is 5.62. The van der Waals surface area contributed by atoms with E-state index in [-0.39, 0.29) is 6.03 Å². The van der Waals surface area contributed by atoms with Crippen molar-refractivity contribution in [3.05, 3.63) is 72.4 Å². The zero-order valence-electron chi connectivity index (χ0n) is 12.7. The SMILES string of the molecule is Cc1cccc(NC(=O)NCc2ccc(-n3ccnc3)nc2)c1. The van der Waals surface area contributed by atoms with Crippen LogP contribution in [0.25, 0.3) is 5.82 Å². The molecule has 6 nitrogen and oxygen atoms in total. The molecule has 0 aliphatic heterocycles. The Kier molecular flexibility index (Phi) is 4.33. The van der Waals surface area contributed by atoms with Gasteiger partial charge in [-0.05, 0) is 36.2 Å². The molecule has 0 spiro atoms. The van der Waals surface area contributed by atoms with Crippen molar-refractivity contribution in [1.29, 1.82) is 0 Å². The van der Waals surface area contributed by atoms with E-state index in [1.807, 2.05) is 54.1 Å². The lowest BCUT2D eigenvalue weighted by Gasteiger charge is -2.08. The van der Waals surface area contributed by atoms with Crippen LogP contribution in [0, 0.1) is 6.92 Å². The molecule has 0 bridgehead atoms. The lowest BCUT2D eigenvalue weighted by atomic mass is 10.2. The fourth-order valence-corrected chi connectivity index (χ4v) is 2.15. The summed E-state index contributed by atoms with van der Waals surface area (Å²) in [7, 11) is 0. The molecule has 23 heavy (non-hydrogen) atoms. The van der Waals surface area contributed by atoms with Gasteiger partial charge < -0.3 is 10.6 Å². The lowest BCUT2D eigenvalue weighted by Crippen LogP contribution is -2.28. The number of amides is 2. The van der Waals surface area contributed by atoms with Gasteiger partial charge in [0.25, 0.3) is 0 Å². The maximum absolute atomic E-state index is 11.9. The number of carbonyl (C=O) groups excluding carboxylic acids is 1. The second-order valence-corrected chi connectivity index (χ2v) is 5.17. The molecule has 0 saturated carbocycles. The molecule has 2 N–H and O–H groups in total. The van der Waals surface area contributed by atoms with E-state index >= 15 is 0 Å². The predicted octanol–water partition coefficient (Wildman–Crippen LogP) is 2.90. The fraction of sp³-hybridized carbons (Fsp3) is 0.118. The topological polar surface area (TPSA) is 71.8 Å². The van der Waals surface area contributed by atoms with Crippen molar-refractivity contribution in [3.8, 4) is 5.82 Å². The minimum atomic E-state index is -0.241. The number of nitrogens with one attached hydrogen (secondary N) is 2. The fourth-order valence-electron chi connectivity index (χ4n) is 2.15. The van der Waals surface area contributed by atoms with Crippen molar-refractivity contribution in [2.75, 3.05) is 5.32 Å². The predicted molar refractivity (Wildman–Crippen MR) is 88.4 cm³/mol. The Morgan fingerprint density at radius 3 is 2.87 bits per heavy atom. The first-order valence-electron chi connectivity index (χ1n) is 7.25. The zero-order chi connectivity index (χ0) is 16.1. The van der Waals surface area contributed by atoms with Gasteiger partial charge in [-0.1, -0.05) is 18.2 Å². The molecule has 0 unspecified atom stereocenters. The molecule has 0 atom stereocenters. The van der Waals surface area contributed by atoms with Crippen molar-refractivity contribution in [3.63, 3.8) is 0 Å². The van der Waals surface area contributed by atoms with E-state index in [0.29, 0.717) is 6.54 Å². The van der Waals surface area contributed by atoms with Gasteiger partial charge >= 0.3 is 6.03 Å². The number of aromatic nitrogens is 3. The number of hydrogen-bond donors (Lipinski definition) is 2. The molecular formula is C17H17N5O. The molecule has 0 aliphatic rings.